The predicted molar refractivity (Wildman–Crippen MR) is 171 cm³/mol. The summed E-state index contributed by atoms with van der Waals surface area (Å²) in [6.07, 6.45) is 11.7. The van der Waals surface area contributed by atoms with Crippen LogP contribution in [0.3, 0.4) is 0 Å². The van der Waals surface area contributed by atoms with Gasteiger partial charge in [-0.15, -0.1) is 0 Å². The Labute approximate surface area is 243 Å². The summed E-state index contributed by atoms with van der Waals surface area (Å²) in [5.41, 5.74) is 0. The summed E-state index contributed by atoms with van der Waals surface area (Å²) < 4.78 is 17.7. The number of carbonyl (C=O) groups excluding carboxylic acids is 1. The van der Waals surface area contributed by atoms with Gasteiger partial charge in [0.05, 0.1) is 32.2 Å². The number of esters is 1. The molecule has 0 heterocycles. The van der Waals surface area contributed by atoms with E-state index in [0.29, 0.717) is 25.7 Å². The minimum Gasteiger partial charge on any atom is -0.469 e. The van der Waals surface area contributed by atoms with Crippen molar-refractivity contribution in [3.05, 3.63) is 24.3 Å². The van der Waals surface area contributed by atoms with Crippen molar-refractivity contribution in [1.82, 2.24) is 0 Å². The topological polar surface area (TPSA) is 44.8 Å². The van der Waals surface area contributed by atoms with Crippen LogP contribution in [-0.2, 0) is 18.4 Å². The molecule has 0 saturated heterocycles. The van der Waals surface area contributed by atoms with E-state index in [9.17, 15) is 4.79 Å². The fourth-order valence-corrected chi connectivity index (χ4v) is 5.52. The van der Waals surface area contributed by atoms with Crippen LogP contribution in [0.15, 0.2) is 24.3 Å². The zero-order valence-electron chi connectivity index (χ0n) is 26.8. The van der Waals surface area contributed by atoms with E-state index >= 15 is 0 Å². The third kappa shape index (κ3) is 16.0. The number of carbonyl (C=O) groups is 1. The van der Waals surface area contributed by atoms with E-state index in [1.54, 1.807) is 0 Å². The third-order valence-electron chi connectivity index (χ3n) is 7.48. The van der Waals surface area contributed by atoms with Crippen molar-refractivity contribution >= 4 is 22.6 Å². The highest BCUT2D eigenvalue weighted by molar-refractivity contribution is 6.74. The highest BCUT2D eigenvalue weighted by Crippen LogP contribution is 2.38. The van der Waals surface area contributed by atoms with Crippen LogP contribution < -0.4 is 0 Å². The number of hydrogen-bond acceptors (Lipinski definition) is 4. The van der Waals surface area contributed by atoms with E-state index in [4.69, 9.17) is 13.6 Å². The van der Waals surface area contributed by atoms with Crippen LogP contribution in [0.5, 0.6) is 0 Å². The van der Waals surface area contributed by atoms with Gasteiger partial charge in [0.2, 0.25) is 0 Å². The number of ether oxygens (including phenoxy) is 1. The normalized spacial score (nSPS) is 14.1. The molecule has 39 heavy (non-hydrogen) atoms. The Morgan fingerprint density at radius 3 is 1.62 bits per heavy atom. The highest BCUT2D eigenvalue weighted by atomic mass is 28.4. The largest absolute Gasteiger partial charge is 0.469 e. The zero-order chi connectivity index (χ0) is 30.2. The molecule has 0 amide bonds. The van der Waals surface area contributed by atoms with Gasteiger partial charge in [0.25, 0.3) is 0 Å². The Kier molecular flexibility index (Phi) is 16.7. The van der Waals surface area contributed by atoms with E-state index in [0.717, 1.165) is 12.8 Å². The molecule has 0 N–H and O–H groups in total. The number of hydrogen-bond donors (Lipinski definition) is 0. The smallest absolute Gasteiger partial charge is 0.305 e. The van der Waals surface area contributed by atoms with Crippen molar-refractivity contribution in [1.29, 1.82) is 0 Å². The van der Waals surface area contributed by atoms with Gasteiger partial charge in [-0.1, -0.05) is 84.0 Å². The van der Waals surface area contributed by atoms with Gasteiger partial charge in [0, 0.05) is 6.42 Å². The molecule has 0 bridgehead atoms. The molecular formula is C33H54O4Si2. The molecule has 0 unspecified atom stereocenters. The predicted octanol–water partition coefficient (Wildman–Crippen LogP) is 8.42. The average Bonchev–Trinajstić information content (AvgIpc) is 2.81. The monoisotopic (exact) mass is 570 g/mol. The standard InChI is InChI=1S/C33H54O4Si2/c1-13-29(36-38(9,10)32(2,3)4)25-22-20-18-16-14-15-17-19-21-23-26-30(27-24-28-31(34)35-8)37-39(11,12)33(5,6)7/h22-23,25-26,29-30H,13,16-17,24,27-28H2,1-12H3/b25-22+,26-23+/t29-,30-/m1/s1. The second kappa shape index (κ2) is 17.6. The lowest BCUT2D eigenvalue weighted by atomic mass is 10.1. The fraction of sp³-hybridized carbons (Fsp3) is 0.667. The maximum absolute atomic E-state index is 11.5. The van der Waals surface area contributed by atoms with Crippen molar-refractivity contribution < 1.29 is 18.4 Å². The summed E-state index contributed by atoms with van der Waals surface area (Å²) in [4.78, 5) is 11.5. The summed E-state index contributed by atoms with van der Waals surface area (Å²) in [5.74, 6) is 18.2. The molecule has 6 heteroatoms. The highest BCUT2D eigenvalue weighted by Gasteiger charge is 2.39. The summed E-state index contributed by atoms with van der Waals surface area (Å²) in [6, 6.07) is 0. The van der Waals surface area contributed by atoms with Gasteiger partial charge >= 0.3 is 5.97 Å². The van der Waals surface area contributed by atoms with Crippen molar-refractivity contribution in [3.8, 4) is 35.5 Å². The first-order valence-electron chi connectivity index (χ1n) is 14.1. The van der Waals surface area contributed by atoms with Gasteiger partial charge in [-0.05, 0) is 79.8 Å². The van der Waals surface area contributed by atoms with Gasteiger partial charge in [0.1, 0.15) is 0 Å². The Hall–Kier alpha value is -2.02. The van der Waals surface area contributed by atoms with Crippen molar-refractivity contribution in [2.75, 3.05) is 7.11 Å². The molecule has 0 aliphatic carbocycles. The molecule has 4 nitrogen and oxygen atoms in total. The lowest BCUT2D eigenvalue weighted by Gasteiger charge is -2.38. The fourth-order valence-electron chi connectivity index (χ4n) is 2.86. The first-order valence-corrected chi connectivity index (χ1v) is 20.0. The number of rotatable bonds is 11. The first kappa shape index (κ1) is 37.0. The zero-order valence-corrected chi connectivity index (χ0v) is 28.8. The Balaban J connectivity index is 4.85. The van der Waals surface area contributed by atoms with Crippen LogP contribution in [0, 0.1) is 35.5 Å². The summed E-state index contributed by atoms with van der Waals surface area (Å²) in [6.45, 7) is 24.6. The van der Waals surface area contributed by atoms with Crippen LogP contribution in [0.2, 0.25) is 36.3 Å². The molecule has 0 aromatic rings. The van der Waals surface area contributed by atoms with Gasteiger partial charge < -0.3 is 13.6 Å². The lowest BCUT2D eigenvalue weighted by Crippen LogP contribution is -2.43. The van der Waals surface area contributed by atoms with Gasteiger partial charge in [-0.3, -0.25) is 4.79 Å². The quantitative estimate of drug-likeness (QED) is 0.142. The van der Waals surface area contributed by atoms with E-state index in [1.807, 2.05) is 18.2 Å². The van der Waals surface area contributed by atoms with Gasteiger partial charge in [0.15, 0.2) is 16.6 Å². The first-order chi connectivity index (χ1) is 18.0. The van der Waals surface area contributed by atoms with Crippen molar-refractivity contribution in [2.45, 2.75) is 135 Å². The molecule has 2 atom stereocenters. The molecule has 0 aliphatic heterocycles. The lowest BCUT2D eigenvalue weighted by molar-refractivity contribution is -0.140. The molecule has 0 spiro atoms. The number of methoxy groups -OCH3 is 1. The Morgan fingerprint density at radius 2 is 1.21 bits per heavy atom. The SMILES string of the molecule is CC[C@H](/C=C/C#CCC#CCC#C/C=C/[C@H](CCCC(=O)OC)O[Si](C)(C)C(C)(C)C)O[Si](C)(C)C(C)(C)C. The van der Waals surface area contributed by atoms with Crippen LogP contribution in [0.25, 0.3) is 0 Å². The van der Waals surface area contributed by atoms with E-state index in [1.165, 1.54) is 7.11 Å². The average molecular weight is 571 g/mol. The number of allylic oxidation sites excluding steroid dienone is 2. The Bertz CT molecular complexity index is 990. The van der Waals surface area contributed by atoms with Crippen LogP contribution in [-0.4, -0.2) is 41.9 Å². The molecule has 0 radical (unpaired) electrons. The second-order valence-corrected chi connectivity index (χ2v) is 22.3. The molecular weight excluding hydrogens is 517 g/mol. The molecule has 0 aromatic heterocycles. The minimum absolute atomic E-state index is 0.0705. The molecule has 0 aromatic carbocycles. The van der Waals surface area contributed by atoms with Crippen LogP contribution in [0.4, 0.5) is 0 Å². The van der Waals surface area contributed by atoms with Crippen LogP contribution in [0.1, 0.15) is 87.0 Å². The van der Waals surface area contributed by atoms with Crippen molar-refractivity contribution in [3.63, 3.8) is 0 Å². The minimum atomic E-state index is -1.94. The maximum Gasteiger partial charge on any atom is 0.305 e. The summed E-state index contributed by atoms with van der Waals surface area (Å²) in [5, 5.41) is 0.303. The Morgan fingerprint density at radius 1 is 0.769 bits per heavy atom. The van der Waals surface area contributed by atoms with Crippen molar-refractivity contribution in [2.24, 2.45) is 0 Å². The molecule has 0 saturated carbocycles. The van der Waals surface area contributed by atoms with E-state index in [-0.39, 0.29) is 28.3 Å². The van der Waals surface area contributed by atoms with Gasteiger partial charge in [-0.2, -0.15) is 0 Å². The van der Waals surface area contributed by atoms with Gasteiger partial charge in [-0.25, -0.2) is 0 Å². The second-order valence-electron chi connectivity index (χ2n) is 12.8. The summed E-state index contributed by atoms with van der Waals surface area (Å²) >= 11 is 0. The molecule has 0 rings (SSSR count). The molecule has 218 valence electrons. The summed E-state index contributed by atoms with van der Waals surface area (Å²) in [7, 11) is -2.31. The van der Waals surface area contributed by atoms with Crippen LogP contribution >= 0.6 is 0 Å². The van der Waals surface area contributed by atoms with E-state index in [2.05, 4.69) is 116 Å². The molecule has 0 aliphatic rings. The molecule has 0 fully saturated rings. The van der Waals surface area contributed by atoms with E-state index < -0.39 is 16.6 Å². The third-order valence-corrected chi connectivity index (χ3v) is 16.5. The maximum atomic E-state index is 11.5.